The predicted octanol–water partition coefficient (Wildman–Crippen LogP) is 1.75. The zero-order valence-electron chi connectivity index (χ0n) is 9.51. The van der Waals surface area contributed by atoms with Gasteiger partial charge in [0.2, 0.25) is 0 Å². The summed E-state index contributed by atoms with van der Waals surface area (Å²) < 4.78 is 1.71. The summed E-state index contributed by atoms with van der Waals surface area (Å²) in [5.41, 5.74) is 0.436. The van der Waals surface area contributed by atoms with Crippen LogP contribution in [0.5, 0.6) is 0 Å². The van der Waals surface area contributed by atoms with Crippen molar-refractivity contribution in [2.24, 2.45) is 0 Å². The van der Waals surface area contributed by atoms with Gasteiger partial charge < -0.3 is 14.4 Å². The van der Waals surface area contributed by atoms with Crippen molar-refractivity contribution >= 4 is 23.1 Å². The smallest absolute Gasteiger partial charge is 0.356 e. The van der Waals surface area contributed by atoms with E-state index in [2.05, 4.69) is 4.98 Å². The number of rotatable bonds is 3. The van der Waals surface area contributed by atoms with Crippen molar-refractivity contribution in [1.82, 2.24) is 14.3 Å². The number of nitrogens with zero attached hydrogens (tertiary/aromatic N) is 3. The number of hydrogen-bond acceptors (Lipinski definition) is 3. The first-order chi connectivity index (χ1) is 8.00. The Morgan fingerprint density at radius 1 is 1.59 bits per heavy atom. The quantitative estimate of drug-likeness (QED) is 0.905. The molecule has 5 nitrogen and oxygen atoms in total. The van der Waals surface area contributed by atoms with Crippen LogP contribution in [-0.4, -0.2) is 39.5 Å². The monoisotopic (exact) mass is 253 g/mol. The van der Waals surface area contributed by atoms with Gasteiger partial charge in [0.25, 0.3) is 0 Å². The maximum Gasteiger partial charge on any atom is 0.356 e. The Labute approximate surface area is 103 Å². The van der Waals surface area contributed by atoms with Gasteiger partial charge in [-0.2, -0.15) is 0 Å². The normalized spacial score (nSPS) is 11.3. The fraction of sp³-hybridized carbons (Fsp3) is 0.273. The molecule has 2 aromatic rings. The van der Waals surface area contributed by atoms with Crippen LogP contribution in [0.25, 0.3) is 5.52 Å². The van der Waals surface area contributed by atoms with E-state index in [4.69, 9.17) is 16.7 Å². The molecule has 0 radical (unpaired) electrons. The Balaban J connectivity index is 2.71. The van der Waals surface area contributed by atoms with Crippen LogP contribution in [0.2, 0.25) is 5.02 Å². The summed E-state index contributed by atoms with van der Waals surface area (Å²) in [6.07, 6.45) is 1.76. The van der Waals surface area contributed by atoms with Crippen LogP contribution >= 0.6 is 11.6 Å². The number of imidazole rings is 1. The summed E-state index contributed by atoms with van der Waals surface area (Å²) in [6, 6.07) is 3.42. The molecule has 2 heterocycles. The van der Waals surface area contributed by atoms with Crippen LogP contribution in [0.4, 0.5) is 0 Å². The summed E-state index contributed by atoms with van der Waals surface area (Å²) in [5, 5.41) is 9.50. The minimum absolute atomic E-state index is 0.00699. The van der Waals surface area contributed by atoms with Gasteiger partial charge in [-0.3, -0.25) is 0 Å². The standard InChI is InChI=1S/C11H12ClN3O2/c1-14(2)6-8-13-9(11(16)17)10-7(12)4-3-5-15(8)10/h3-5H,6H2,1-2H3,(H,16,17). The summed E-state index contributed by atoms with van der Waals surface area (Å²) in [5.74, 6) is -0.412. The molecule has 0 amide bonds. The lowest BCUT2D eigenvalue weighted by Gasteiger charge is -2.08. The summed E-state index contributed by atoms with van der Waals surface area (Å²) in [4.78, 5) is 17.2. The molecule has 0 spiro atoms. The largest absolute Gasteiger partial charge is 0.476 e. The van der Waals surface area contributed by atoms with E-state index in [0.29, 0.717) is 22.9 Å². The van der Waals surface area contributed by atoms with Crippen LogP contribution < -0.4 is 0 Å². The first kappa shape index (κ1) is 11.9. The molecule has 0 atom stereocenters. The molecule has 17 heavy (non-hydrogen) atoms. The Kier molecular flexibility index (Phi) is 3.04. The number of carboxylic acids is 1. The molecule has 0 fully saturated rings. The Morgan fingerprint density at radius 2 is 2.29 bits per heavy atom. The van der Waals surface area contributed by atoms with Crippen LogP contribution in [0.1, 0.15) is 16.3 Å². The van der Waals surface area contributed by atoms with Gasteiger partial charge in [-0.1, -0.05) is 11.6 Å². The zero-order valence-corrected chi connectivity index (χ0v) is 10.3. The van der Waals surface area contributed by atoms with Gasteiger partial charge in [-0.25, -0.2) is 9.78 Å². The molecule has 2 aromatic heterocycles. The number of hydrogen-bond donors (Lipinski definition) is 1. The molecule has 2 rings (SSSR count). The molecular weight excluding hydrogens is 242 g/mol. The van der Waals surface area contributed by atoms with E-state index in [1.54, 1.807) is 22.7 Å². The highest BCUT2D eigenvalue weighted by atomic mass is 35.5. The summed E-state index contributed by atoms with van der Waals surface area (Å²) in [6.45, 7) is 0.550. The molecule has 0 aliphatic heterocycles. The topological polar surface area (TPSA) is 57.8 Å². The van der Waals surface area contributed by atoms with Crippen LogP contribution in [0.15, 0.2) is 18.3 Å². The van der Waals surface area contributed by atoms with E-state index in [9.17, 15) is 4.79 Å². The number of fused-ring (bicyclic) bond motifs is 1. The molecule has 6 heteroatoms. The highest BCUT2D eigenvalue weighted by Crippen LogP contribution is 2.22. The zero-order chi connectivity index (χ0) is 12.6. The number of aromatic carboxylic acids is 1. The number of carboxylic acid groups (broad SMARTS) is 1. The fourth-order valence-corrected chi connectivity index (χ4v) is 1.96. The number of carbonyl (C=O) groups is 1. The number of aromatic nitrogens is 2. The summed E-state index contributed by atoms with van der Waals surface area (Å²) >= 11 is 6.02. The van der Waals surface area contributed by atoms with E-state index in [1.807, 2.05) is 19.0 Å². The molecule has 1 N–H and O–H groups in total. The van der Waals surface area contributed by atoms with E-state index in [1.165, 1.54) is 0 Å². The third-order valence-electron chi connectivity index (χ3n) is 2.35. The average Bonchev–Trinajstić information content (AvgIpc) is 2.58. The highest BCUT2D eigenvalue weighted by molar-refractivity contribution is 6.34. The molecular formula is C11H12ClN3O2. The van der Waals surface area contributed by atoms with Crippen LogP contribution in [0.3, 0.4) is 0 Å². The predicted molar refractivity (Wildman–Crippen MR) is 64.6 cm³/mol. The molecule has 90 valence electrons. The molecule has 0 aliphatic carbocycles. The molecule has 0 bridgehead atoms. The first-order valence-electron chi connectivity index (χ1n) is 5.04. The van der Waals surface area contributed by atoms with Crippen LogP contribution in [0, 0.1) is 0 Å². The molecule has 0 unspecified atom stereocenters. The van der Waals surface area contributed by atoms with Gasteiger partial charge in [0.15, 0.2) is 5.69 Å². The maximum atomic E-state index is 11.1. The minimum Gasteiger partial charge on any atom is -0.476 e. The van der Waals surface area contributed by atoms with Crippen molar-refractivity contribution in [2.75, 3.05) is 14.1 Å². The molecule has 0 aromatic carbocycles. The van der Waals surface area contributed by atoms with Gasteiger partial charge in [-0.15, -0.1) is 0 Å². The van der Waals surface area contributed by atoms with Crippen molar-refractivity contribution < 1.29 is 9.90 Å². The third-order valence-corrected chi connectivity index (χ3v) is 2.65. The fourth-order valence-electron chi connectivity index (χ4n) is 1.70. The van der Waals surface area contributed by atoms with Gasteiger partial charge in [0.1, 0.15) is 5.82 Å². The summed E-state index contributed by atoms with van der Waals surface area (Å²) in [7, 11) is 3.79. The average molecular weight is 254 g/mol. The molecule has 0 saturated carbocycles. The second-order valence-electron chi connectivity index (χ2n) is 3.99. The SMILES string of the molecule is CN(C)Cc1nc(C(=O)O)c2c(Cl)cccn12. The highest BCUT2D eigenvalue weighted by Gasteiger charge is 2.18. The maximum absolute atomic E-state index is 11.1. The second-order valence-corrected chi connectivity index (χ2v) is 4.40. The van der Waals surface area contributed by atoms with Crippen molar-refractivity contribution in [3.05, 3.63) is 34.9 Å². The van der Waals surface area contributed by atoms with E-state index in [0.717, 1.165) is 0 Å². The Hall–Kier alpha value is -1.59. The first-order valence-corrected chi connectivity index (χ1v) is 5.42. The van der Waals surface area contributed by atoms with Crippen molar-refractivity contribution in [3.63, 3.8) is 0 Å². The van der Waals surface area contributed by atoms with E-state index in [-0.39, 0.29) is 5.69 Å². The minimum atomic E-state index is -1.07. The Morgan fingerprint density at radius 3 is 2.88 bits per heavy atom. The Bertz CT molecular complexity index is 577. The van der Waals surface area contributed by atoms with Gasteiger partial charge in [0.05, 0.1) is 17.1 Å². The van der Waals surface area contributed by atoms with E-state index < -0.39 is 5.97 Å². The number of pyridine rings is 1. The van der Waals surface area contributed by atoms with Crippen LogP contribution in [-0.2, 0) is 6.54 Å². The molecule has 0 aliphatic rings. The second kappa shape index (κ2) is 4.35. The molecule has 0 saturated heterocycles. The van der Waals surface area contributed by atoms with Gasteiger partial charge >= 0.3 is 5.97 Å². The number of halogens is 1. The van der Waals surface area contributed by atoms with Crippen molar-refractivity contribution in [1.29, 1.82) is 0 Å². The van der Waals surface area contributed by atoms with Crippen molar-refractivity contribution in [3.8, 4) is 0 Å². The lowest BCUT2D eigenvalue weighted by Crippen LogP contribution is -2.13. The van der Waals surface area contributed by atoms with Crippen molar-refractivity contribution in [2.45, 2.75) is 6.54 Å². The van der Waals surface area contributed by atoms with Gasteiger partial charge in [-0.05, 0) is 26.2 Å². The van der Waals surface area contributed by atoms with E-state index >= 15 is 0 Å². The van der Waals surface area contributed by atoms with Gasteiger partial charge in [0, 0.05) is 6.20 Å². The lowest BCUT2D eigenvalue weighted by atomic mass is 10.3. The third kappa shape index (κ3) is 2.11. The lowest BCUT2D eigenvalue weighted by molar-refractivity contribution is 0.0693.